The van der Waals surface area contributed by atoms with Crippen LogP contribution in [0.1, 0.15) is 58.8 Å². The molecule has 3 nitrogen and oxygen atoms in total. The molecule has 2 rings (SSSR count). The zero-order chi connectivity index (χ0) is 14.2. The number of nitrogens with zero attached hydrogens (tertiary/aromatic N) is 1. The maximum absolute atomic E-state index is 5.99. The smallest absolute Gasteiger partial charge is 0.0594 e. The van der Waals surface area contributed by atoms with Gasteiger partial charge in [0.25, 0.3) is 0 Å². The summed E-state index contributed by atoms with van der Waals surface area (Å²) >= 11 is 0. The van der Waals surface area contributed by atoms with Gasteiger partial charge in [-0.15, -0.1) is 0 Å². The molecule has 1 saturated heterocycles. The zero-order valence-electron chi connectivity index (χ0n) is 13.6. The van der Waals surface area contributed by atoms with Crippen molar-refractivity contribution in [2.75, 3.05) is 32.8 Å². The van der Waals surface area contributed by atoms with Gasteiger partial charge in [-0.2, -0.15) is 0 Å². The fraction of sp³-hybridized carbons (Fsp3) is 1.00. The maximum Gasteiger partial charge on any atom is 0.0594 e. The Hall–Kier alpha value is -0.120. The van der Waals surface area contributed by atoms with Gasteiger partial charge in [0.1, 0.15) is 0 Å². The molecule has 1 saturated carbocycles. The van der Waals surface area contributed by atoms with Gasteiger partial charge in [-0.3, -0.25) is 0 Å². The van der Waals surface area contributed by atoms with Crippen molar-refractivity contribution in [3.05, 3.63) is 0 Å². The Labute approximate surface area is 125 Å². The number of hydrogen-bond donors (Lipinski definition) is 1. The lowest BCUT2D eigenvalue weighted by Crippen LogP contribution is -2.45. The van der Waals surface area contributed by atoms with E-state index in [0.717, 1.165) is 19.1 Å². The van der Waals surface area contributed by atoms with E-state index in [-0.39, 0.29) is 0 Å². The SMILES string of the molecule is CCN1CCCC(C(C)NCCOC2CCCCC2)C1. The summed E-state index contributed by atoms with van der Waals surface area (Å²) in [5, 5.41) is 3.68. The van der Waals surface area contributed by atoms with Crippen LogP contribution in [0.3, 0.4) is 0 Å². The highest BCUT2D eigenvalue weighted by atomic mass is 16.5. The number of nitrogens with one attached hydrogen (secondary N) is 1. The van der Waals surface area contributed by atoms with Crippen LogP contribution in [0, 0.1) is 5.92 Å². The second-order valence-electron chi connectivity index (χ2n) is 6.67. The third kappa shape index (κ3) is 5.34. The van der Waals surface area contributed by atoms with E-state index < -0.39 is 0 Å². The van der Waals surface area contributed by atoms with E-state index in [1.807, 2.05) is 0 Å². The highest BCUT2D eigenvalue weighted by Crippen LogP contribution is 2.21. The summed E-state index contributed by atoms with van der Waals surface area (Å²) in [4.78, 5) is 2.59. The number of hydrogen-bond acceptors (Lipinski definition) is 3. The van der Waals surface area contributed by atoms with E-state index in [9.17, 15) is 0 Å². The highest BCUT2D eigenvalue weighted by molar-refractivity contribution is 4.80. The molecule has 0 amide bonds. The lowest BCUT2D eigenvalue weighted by Gasteiger charge is -2.35. The van der Waals surface area contributed by atoms with Crippen LogP contribution in [-0.2, 0) is 4.74 Å². The summed E-state index contributed by atoms with van der Waals surface area (Å²) in [5.74, 6) is 0.818. The quantitative estimate of drug-likeness (QED) is 0.726. The van der Waals surface area contributed by atoms with Crippen molar-refractivity contribution in [2.24, 2.45) is 5.92 Å². The molecular formula is C17H34N2O. The van der Waals surface area contributed by atoms with Gasteiger partial charge in [0.2, 0.25) is 0 Å². The fourth-order valence-corrected chi connectivity index (χ4v) is 3.70. The summed E-state index contributed by atoms with van der Waals surface area (Å²) in [6.45, 7) is 10.3. The Morgan fingerprint density at radius 2 is 1.95 bits per heavy atom. The van der Waals surface area contributed by atoms with Crippen LogP contribution in [0.25, 0.3) is 0 Å². The average Bonchev–Trinajstić information content (AvgIpc) is 2.52. The fourth-order valence-electron chi connectivity index (χ4n) is 3.70. The van der Waals surface area contributed by atoms with Crippen LogP contribution < -0.4 is 5.32 Å². The molecule has 1 aliphatic carbocycles. The number of piperidine rings is 1. The topological polar surface area (TPSA) is 24.5 Å². The molecule has 1 N–H and O–H groups in total. The average molecular weight is 282 g/mol. The van der Waals surface area contributed by atoms with Gasteiger partial charge >= 0.3 is 0 Å². The summed E-state index contributed by atoms with van der Waals surface area (Å²) in [5.41, 5.74) is 0. The first-order valence-electron chi connectivity index (χ1n) is 8.87. The van der Waals surface area contributed by atoms with Crippen LogP contribution >= 0.6 is 0 Å². The molecule has 2 aliphatic rings. The van der Waals surface area contributed by atoms with Crippen molar-refractivity contribution >= 4 is 0 Å². The van der Waals surface area contributed by atoms with Crippen LogP contribution in [0.5, 0.6) is 0 Å². The minimum atomic E-state index is 0.547. The van der Waals surface area contributed by atoms with Gasteiger partial charge in [0.15, 0.2) is 0 Å². The maximum atomic E-state index is 5.99. The Morgan fingerprint density at radius 3 is 2.70 bits per heavy atom. The van der Waals surface area contributed by atoms with Crippen molar-refractivity contribution in [3.8, 4) is 0 Å². The number of likely N-dealkylation sites (tertiary alicyclic amines) is 1. The lowest BCUT2D eigenvalue weighted by molar-refractivity contribution is 0.0281. The molecule has 0 aromatic heterocycles. The van der Waals surface area contributed by atoms with Gasteiger partial charge in [0, 0.05) is 19.1 Å². The first kappa shape index (κ1) is 16.3. The number of rotatable bonds is 7. The summed E-state index contributed by atoms with van der Waals surface area (Å²) < 4.78 is 5.99. The largest absolute Gasteiger partial charge is 0.377 e. The first-order chi connectivity index (χ1) is 9.79. The molecule has 0 aromatic carbocycles. The van der Waals surface area contributed by atoms with Crippen molar-refractivity contribution in [1.82, 2.24) is 10.2 Å². The van der Waals surface area contributed by atoms with Crippen molar-refractivity contribution in [2.45, 2.75) is 70.9 Å². The second-order valence-corrected chi connectivity index (χ2v) is 6.67. The Balaban J connectivity index is 1.56. The van der Waals surface area contributed by atoms with Gasteiger partial charge in [-0.1, -0.05) is 26.2 Å². The molecular weight excluding hydrogens is 248 g/mol. The van der Waals surface area contributed by atoms with Gasteiger partial charge in [0.05, 0.1) is 12.7 Å². The van der Waals surface area contributed by atoms with E-state index in [2.05, 4.69) is 24.1 Å². The first-order valence-corrected chi connectivity index (χ1v) is 8.87. The van der Waals surface area contributed by atoms with Crippen LogP contribution in [-0.4, -0.2) is 49.8 Å². The molecule has 0 radical (unpaired) electrons. The molecule has 1 aliphatic heterocycles. The van der Waals surface area contributed by atoms with Crippen LogP contribution in [0.15, 0.2) is 0 Å². The van der Waals surface area contributed by atoms with E-state index in [0.29, 0.717) is 12.1 Å². The molecule has 2 fully saturated rings. The molecule has 20 heavy (non-hydrogen) atoms. The van der Waals surface area contributed by atoms with E-state index in [1.165, 1.54) is 64.6 Å². The van der Waals surface area contributed by atoms with Crippen molar-refractivity contribution < 1.29 is 4.74 Å². The third-order valence-electron chi connectivity index (χ3n) is 5.17. The molecule has 2 atom stereocenters. The second kappa shape index (κ2) is 9.01. The van der Waals surface area contributed by atoms with Crippen molar-refractivity contribution in [1.29, 1.82) is 0 Å². The van der Waals surface area contributed by atoms with Gasteiger partial charge in [-0.05, 0) is 51.6 Å². The molecule has 0 bridgehead atoms. The van der Waals surface area contributed by atoms with Gasteiger partial charge < -0.3 is 15.0 Å². The zero-order valence-corrected chi connectivity index (χ0v) is 13.6. The molecule has 1 heterocycles. The Bertz CT molecular complexity index is 253. The van der Waals surface area contributed by atoms with Crippen LogP contribution in [0.2, 0.25) is 0 Å². The van der Waals surface area contributed by atoms with Gasteiger partial charge in [-0.25, -0.2) is 0 Å². The monoisotopic (exact) mass is 282 g/mol. The van der Waals surface area contributed by atoms with E-state index in [4.69, 9.17) is 4.74 Å². The predicted octanol–water partition coefficient (Wildman–Crippen LogP) is 3.05. The normalized spacial score (nSPS) is 27.6. The Kier molecular flexibility index (Phi) is 7.32. The Morgan fingerprint density at radius 1 is 1.15 bits per heavy atom. The minimum absolute atomic E-state index is 0.547. The minimum Gasteiger partial charge on any atom is -0.377 e. The molecule has 0 spiro atoms. The van der Waals surface area contributed by atoms with Crippen LogP contribution in [0.4, 0.5) is 0 Å². The molecule has 118 valence electrons. The number of ether oxygens (including phenoxy) is 1. The highest BCUT2D eigenvalue weighted by Gasteiger charge is 2.23. The van der Waals surface area contributed by atoms with E-state index >= 15 is 0 Å². The standard InChI is InChI=1S/C17H34N2O/c1-3-19-12-7-8-16(14-19)15(2)18-11-13-20-17-9-5-4-6-10-17/h15-18H,3-14H2,1-2H3. The molecule has 3 heteroatoms. The molecule has 0 aromatic rings. The van der Waals surface area contributed by atoms with E-state index in [1.54, 1.807) is 0 Å². The predicted molar refractivity (Wildman–Crippen MR) is 85.1 cm³/mol. The molecule has 2 unspecified atom stereocenters. The summed E-state index contributed by atoms with van der Waals surface area (Å²) in [6.07, 6.45) is 9.99. The summed E-state index contributed by atoms with van der Waals surface area (Å²) in [6, 6.07) is 0.624. The summed E-state index contributed by atoms with van der Waals surface area (Å²) in [7, 11) is 0. The third-order valence-corrected chi connectivity index (χ3v) is 5.17. The van der Waals surface area contributed by atoms with Crippen molar-refractivity contribution in [3.63, 3.8) is 0 Å². The lowest BCUT2D eigenvalue weighted by atomic mass is 9.91.